The van der Waals surface area contributed by atoms with Crippen molar-refractivity contribution in [2.45, 2.75) is 12.8 Å². The summed E-state index contributed by atoms with van der Waals surface area (Å²) < 4.78 is 23.5. The van der Waals surface area contributed by atoms with Crippen LogP contribution in [-0.4, -0.2) is 33.7 Å². The molecular formula is C7H14N2O3S. The van der Waals surface area contributed by atoms with Crippen LogP contribution in [0.5, 0.6) is 0 Å². The third kappa shape index (κ3) is 4.84. The summed E-state index contributed by atoms with van der Waals surface area (Å²) in [6.45, 7) is 0.625. The van der Waals surface area contributed by atoms with E-state index in [4.69, 9.17) is 0 Å². The lowest BCUT2D eigenvalue weighted by Crippen LogP contribution is -2.34. The van der Waals surface area contributed by atoms with Crippen molar-refractivity contribution in [1.29, 1.82) is 0 Å². The Morgan fingerprint density at radius 2 is 2.00 bits per heavy atom. The number of hydrogen-bond donors (Lipinski definition) is 2. The van der Waals surface area contributed by atoms with Crippen LogP contribution in [0, 0.1) is 5.92 Å². The van der Waals surface area contributed by atoms with E-state index >= 15 is 0 Å². The third-order valence-corrected chi connectivity index (χ3v) is 2.47. The minimum atomic E-state index is -3.13. The Morgan fingerprint density at radius 3 is 2.46 bits per heavy atom. The molecule has 5 nitrogen and oxygen atoms in total. The molecule has 0 aromatic carbocycles. The monoisotopic (exact) mass is 206 g/mol. The Labute approximate surface area is 77.9 Å². The average molecular weight is 206 g/mol. The van der Waals surface area contributed by atoms with Crippen LogP contribution in [0.15, 0.2) is 0 Å². The van der Waals surface area contributed by atoms with Crippen molar-refractivity contribution in [2.75, 3.05) is 19.3 Å². The molecule has 0 aromatic heterocycles. The lowest BCUT2D eigenvalue weighted by Gasteiger charge is -2.03. The second-order valence-electron chi connectivity index (χ2n) is 3.23. The van der Waals surface area contributed by atoms with Crippen LogP contribution in [0.2, 0.25) is 0 Å². The number of carbonyl (C=O) groups is 1. The summed E-state index contributed by atoms with van der Waals surface area (Å²) in [5, 5.41) is 2.65. The Balaban J connectivity index is 2.04. The van der Waals surface area contributed by atoms with E-state index in [1.165, 1.54) is 0 Å². The summed E-state index contributed by atoms with van der Waals surface area (Å²) in [7, 11) is -3.13. The molecule has 2 N–H and O–H groups in total. The SMILES string of the molecule is CS(=O)(=O)NCCNC(=O)C1CC1. The number of nitrogens with one attached hydrogen (secondary N) is 2. The van der Waals surface area contributed by atoms with Gasteiger partial charge >= 0.3 is 0 Å². The van der Waals surface area contributed by atoms with Crippen LogP contribution in [0.1, 0.15) is 12.8 Å². The number of carbonyl (C=O) groups excluding carboxylic acids is 1. The van der Waals surface area contributed by atoms with E-state index in [0.29, 0.717) is 6.54 Å². The first-order chi connectivity index (χ1) is 5.99. The highest BCUT2D eigenvalue weighted by molar-refractivity contribution is 7.88. The van der Waals surface area contributed by atoms with Gasteiger partial charge < -0.3 is 5.32 Å². The summed E-state index contributed by atoms with van der Waals surface area (Å²) in [4.78, 5) is 11.0. The Bertz CT molecular complexity index is 282. The highest BCUT2D eigenvalue weighted by Gasteiger charge is 2.28. The second-order valence-corrected chi connectivity index (χ2v) is 5.06. The van der Waals surface area contributed by atoms with Crippen molar-refractivity contribution in [3.05, 3.63) is 0 Å². The number of hydrogen-bond acceptors (Lipinski definition) is 3. The highest BCUT2D eigenvalue weighted by atomic mass is 32.2. The van der Waals surface area contributed by atoms with E-state index in [0.717, 1.165) is 19.1 Å². The molecule has 76 valence electrons. The highest BCUT2D eigenvalue weighted by Crippen LogP contribution is 2.28. The molecule has 0 aromatic rings. The lowest BCUT2D eigenvalue weighted by molar-refractivity contribution is -0.122. The average Bonchev–Trinajstić information content (AvgIpc) is 2.77. The first-order valence-electron chi connectivity index (χ1n) is 4.21. The summed E-state index contributed by atoms with van der Waals surface area (Å²) >= 11 is 0. The fraction of sp³-hybridized carbons (Fsp3) is 0.857. The van der Waals surface area contributed by atoms with E-state index < -0.39 is 10.0 Å². The van der Waals surface area contributed by atoms with Crippen molar-refractivity contribution >= 4 is 15.9 Å². The van der Waals surface area contributed by atoms with Crippen LogP contribution in [-0.2, 0) is 14.8 Å². The van der Waals surface area contributed by atoms with E-state index in [1.54, 1.807) is 0 Å². The predicted octanol–water partition coefficient (Wildman–Crippen LogP) is -0.938. The van der Waals surface area contributed by atoms with Gasteiger partial charge in [0.15, 0.2) is 0 Å². The maximum absolute atomic E-state index is 11.0. The van der Waals surface area contributed by atoms with Gasteiger partial charge in [-0.3, -0.25) is 4.79 Å². The lowest BCUT2D eigenvalue weighted by atomic mass is 10.4. The van der Waals surface area contributed by atoms with Gasteiger partial charge in [0.2, 0.25) is 15.9 Å². The minimum Gasteiger partial charge on any atom is -0.355 e. The van der Waals surface area contributed by atoms with Crippen LogP contribution in [0.4, 0.5) is 0 Å². The molecule has 0 saturated heterocycles. The Morgan fingerprint density at radius 1 is 1.38 bits per heavy atom. The van der Waals surface area contributed by atoms with Gasteiger partial charge in [-0.25, -0.2) is 13.1 Å². The maximum Gasteiger partial charge on any atom is 0.223 e. The Hall–Kier alpha value is -0.620. The molecule has 1 rings (SSSR count). The van der Waals surface area contributed by atoms with Gasteiger partial charge in [-0.2, -0.15) is 0 Å². The molecule has 1 amide bonds. The molecule has 0 radical (unpaired) electrons. The summed E-state index contributed by atoms with van der Waals surface area (Å²) in [5.41, 5.74) is 0. The first-order valence-corrected chi connectivity index (χ1v) is 6.10. The van der Waals surface area contributed by atoms with Gasteiger partial charge in [0.05, 0.1) is 6.26 Å². The van der Waals surface area contributed by atoms with E-state index in [1.807, 2.05) is 0 Å². The van der Waals surface area contributed by atoms with Crippen molar-refractivity contribution in [3.8, 4) is 0 Å². The maximum atomic E-state index is 11.0. The van der Waals surface area contributed by atoms with Gasteiger partial charge in [-0.05, 0) is 12.8 Å². The van der Waals surface area contributed by atoms with Crippen molar-refractivity contribution in [1.82, 2.24) is 10.0 Å². The standard InChI is InChI=1S/C7H14N2O3S/c1-13(11,12)9-5-4-8-7(10)6-2-3-6/h6,9H,2-5H2,1H3,(H,8,10). The topological polar surface area (TPSA) is 75.3 Å². The molecule has 0 unspecified atom stereocenters. The molecule has 0 aliphatic heterocycles. The molecule has 0 bridgehead atoms. The molecule has 0 heterocycles. The van der Waals surface area contributed by atoms with Crippen LogP contribution in [0.25, 0.3) is 0 Å². The fourth-order valence-electron chi connectivity index (χ4n) is 0.912. The zero-order valence-corrected chi connectivity index (χ0v) is 8.36. The molecule has 1 saturated carbocycles. The summed E-state index contributed by atoms with van der Waals surface area (Å²) in [6.07, 6.45) is 3.02. The zero-order chi connectivity index (χ0) is 9.90. The van der Waals surface area contributed by atoms with Gasteiger partial charge in [-0.15, -0.1) is 0 Å². The van der Waals surface area contributed by atoms with Crippen LogP contribution in [0.3, 0.4) is 0 Å². The molecule has 1 fully saturated rings. The smallest absolute Gasteiger partial charge is 0.223 e. The summed E-state index contributed by atoms with van der Waals surface area (Å²) in [6, 6.07) is 0. The van der Waals surface area contributed by atoms with Gasteiger partial charge in [0.1, 0.15) is 0 Å². The molecule has 0 atom stereocenters. The minimum absolute atomic E-state index is 0.0373. The molecule has 1 aliphatic carbocycles. The van der Waals surface area contributed by atoms with E-state index in [-0.39, 0.29) is 18.4 Å². The van der Waals surface area contributed by atoms with Crippen LogP contribution < -0.4 is 10.0 Å². The molecule has 13 heavy (non-hydrogen) atoms. The van der Waals surface area contributed by atoms with E-state index in [2.05, 4.69) is 10.0 Å². The molecular weight excluding hydrogens is 192 g/mol. The molecule has 1 aliphatic rings. The number of sulfonamides is 1. The largest absolute Gasteiger partial charge is 0.355 e. The van der Waals surface area contributed by atoms with Crippen molar-refractivity contribution in [3.63, 3.8) is 0 Å². The molecule has 6 heteroatoms. The van der Waals surface area contributed by atoms with E-state index in [9.17, 15) is 13.2 Å². The predicted molar refractivity (Wildman–Crippen MR) is 48.6 cm³/mol. The quantitative estimate of drug-likeness (QED) is 0.570. The second kappa shape index (κ2) is 4.06. The molecule has 0 spiro atoms. The van der Waals surface area contributed by atoms with Gasteiger partial charge in [-0.1, -0.05) is 0 Å². The zero-order valence-electron chi connectivity index (χ0n) is 7.54. The normalized spacial score (nSPS) is 17.0. The number of rotatable bonds is 5. The number of amides is 1. The fourth-order valence-corrected chi connectivity index (χ4v) is 1.38. The summed E-state index contributed by atoms with van der Waals surface area (Å²) in [5.74, 6) is 0.216. The van der Waals surface area contributed by atoms with Crippen LogP contribution >= 0.6 is 0 Å². The third-order valence-electron chi connectivity index (χ3n) is 1.74. The van der Waals surface area contributed by atoms with Crippen molar-refractivity contribution < 1.29 is 13.2 Å². The van der Waals surface area contributed by atoms with Crippen molar-refractivity contribution in [2.24, 2.45) is 5.92 Å². The van der Waals surface area contributed by atoms with Gasteiger partial charge in [0.25, 0.3) is 0 Å². The first kappa shape index (κ1) is 10.5. The Kier molecular flexibility index (Phi) is 3.27. The van der Waals surface area contributed by atoms with Gasteiger partial charge in [0, 0.05) is 19.0 Å².